The molecule has 8 heteroatoms. The van der Waals surface area contributed by atoms with Gasteiger partial charge in [0.15, 0.2) is 11.0 Å². The standard InChI is InChI=1S/C27H30N6OS/c1-19(26(34)32-15-13-31(14-16-32)18-20-7-3-2-4-8-20)35-27-30-29-25(33(27)21-11-12-21)23-17-28-24-10-6-5-9-22(23)24/h2-10,17,19,21,28H,11-16,18H2,1H3. The van der Waals surface area contributed by atoms with Gasteiger partial charge in [-0.1, -0.05) is 60.3 Å². The Balaban J connectivity index is 1.13. The average Bonchev–Trinajstić information content (AvgIpc) is 3.51. The fourth-order valence-corrected chi connectivity index (χ4v) is 5.90. The molecule has 2 fully saturated rings. The zero-order chi connectivity index (χ0) is 23.8. The van der Waals surface area contributed by atoms with Gasteiger partial charge in [-0.05, 0) is 31.4 Å². The van der Waals surface area contributed by atoms with Gasteiger partial charge in [0.2, 0.25) is 5.91 Å². The summed E-state index contributed by atoms with van der Waals surface area (Å²) >= 11 is 1.54. The van der Waals surface area contributed by atoms with Crippen molar-refractivity contribution in [3.8, 4) is 11.4 Å². The first-order valence-corrected chi connectivity index (χ1v) is 13.3. The highest BCUT2D eigenvalue weighted by atomic mass is 32.2. The van der Waals surface area contributed by atoms with Crippen molar-refractivity contribution < 1.29 is 4.79 Å². The van der Waals surface area contributed by atoms with Crippen molar-refractivity contribution in [2.45, 2.75) is 42.8 Å². The van der Waals surface area contributed by atoms with E-state index >= 15 is 0 Å². The molecule has 1 saturated heterocycles. The molecule has 6 rings (SSSR count). The minimum absolute atomic E-state index is 0.188. The van der Waals surface area contributed by atoms with Crippen molar-refractivity contribution in [1.29, 1.82) is 0 Å². The van der Waals surface area contributed by atoms with Crippen LogP contribution in [0, 0.1) is 0 Å². The van der Waals surface area contributed by atoms with Gasteiger partial charge in [-0.25, -0.2) is 0 Å². The van der Waals surface area contributed by atoms with E-state index in [1.54, 1.807) is 11.8 Å². The van der Waals surface area contributed by atoms with Crippen molar-refractivity contribution in [2.24, 2.45) is 0 Å². The Hall–Kier alpha value is -3.10. The summed E-state index contributed by atoms with van der Waals surface area (Å²) in [5.74, 6) is 1.08. The first-order valence-electron chi connectivity index (χ1n) is 12.4. The fraction of sp³-hybridized carbons (Fsp3) is 0.370. The molecule has 1 atom stereocenters. The van der Waals surface area contributed by atoms with Crippen LogP contribution in [0.15, 0.2) is 66.0 Å². The lowest BCUT2D eigenvalue weighted by atomic mass is 10.1. The number of hydrogen-bond donors (Lipinski definition) is 1. The van der Waals surface area contributed by atoms with Crippen molar-refractivity contribution in [3.63, 3.8) is 0 Å². The summed E-state index contributed by atoms with van der Waals surface area (Å²) in [5, 5.41) is 10.9. The summed E-state index contributed by atoms with van der Waals surface area (Å²) in [7, 11) is 0. The molecular formula is C27H30N6OS. The van der Waals surface area contributed by atoms with E-state index in [1.807, 2.05) is 36.2 Å². The van der Waals surface area contributed by atoms with Crippen molar-refractivity contribution >= 4 is 28.6 Å². The average molecular weight is 487 g/mol. The van der Waals surface area contributed by atoms with Gasteiger partial charge in [-0.15, -0.1) is 10.2 Å². The molecule has 3 heterocycles. The smallest absolute Gasteiger partial charge is 0.235 e. The molecule has 2 aliphatic rings. The number of piperazine rings is 1. The van der Waals surface area contributed by atoms with E-state index in [0.717, 1.165) is 73.0 Å². The molecule has 1 N–H and O–H groups in total. The molecule has 2 aromatic carbocycles. The SMILES string of the molecule is CC(Sc1nnc(-c2c[nH]c3ccccc23)n1C1CC1)C(=O)N1CCN(Cc2ccccc2)CC1. The fourth-order valence-electron chi connectivity index (χ4n) is 4.89. The Kier molecular flexibility index (Phi) is 6.08. The zero-order valence-electron chi connectivity index (χ0n) is 19.9. The first kappa shape index (κ1) is 22.4. The maximum atomic E-state index is 13.3. The number of aromatic nitrogens is 4. The number of rotatable bonds is 7. The number of carbonyl (C=O) groups excluding carboxylic acids is 1. The first-order chi connectivity index (χ1) is 17.2. The third-order valence-corrected chi connectivity index (χ3v) is 8.01. The van der Waals surface area contributed by atoms with Crippen molar-refractivity contribution in [1.82, 2.24) is 29.5 Å². The van der Waals surface area contributed by atoms with Crippen molar-refractivity contribution in [2.75, 3.05) is 26.2 Å². The number of thioether (sulfide) groups is 1. The number of nitrogens with one attached hydrogen (secondary N) is 1. The summed E-state index contributed by atoms with van der Waals surface area (Å²) in [6.07, 6.45) is 4.28. The minimum Gasteiger partial charge on any atom is -0.360 e. The van der Waals surface area contributed by atoms with E-state index in [2.05, 4.69) is 61.0 Å². The normalized spacial score (nSPS) is 17.7. The van der Waals surface area contributed by atoms with E-state index in [-0.39, 0.29) is 11.2 Å². The lowest BCUT2D eigenvalue weighted by Crippen LogP contribution is -2.50. The van der Waals surface area contributed by atoms with Crippen LogP contribution in [-0.4, -0.2) is 66.9 Å². The molecule has 0 radical (unpaired) electrons. The Morgan fingerprint density at radius 1 is 1.03 bits per heavy atom. The summed E-state index contributed by atoms with van der Waals surface area (Å²) in [5.41, 5.74) is 3.49. The predicted molar refractivity (Wildman–Crippen MR) is 139 cm³/mol. The molecule has 1 aliphatic heterocycles. The number of carbonyl (C=O) groups is 1. The molecule has 4 aromatic rings. The number of benzene rings is 2. The molecule has 1 unspecified atom stereocenters. The predicted octanol–water partition coefficient (Wildman–Crippen LogP) is 4.59. The third kappa shape index (κ3) is 4.60. The van der Waals surface area contributed by atoms with E-state index in [0.29, 0.717) is 6.04 Å². The second-order valence-electron chi connectivity index (χ2n) is 9.50. The molecule has 1 amide bonds. The van der Waals surface area contributed by atoms with Gasteiger partial charge in [-0.2, -0.15) is 0 Å². The van der Waals surface area contributed by atoms with Crippen LogP contribution >= 0.6 is 11.8 Å². The van der Waals surface area contributed by atoms with Gasteiger partial charge in [0.05, 0.1) is 5.25 Å². The van der Waals surface area contributed by atoms with E-state index in [4.69, 9.17) is 0 Å². The highest BCUT2D eigenvalue weighted by Crippen LogP contribution is 2.43. The molecule has 0 spiro atoms. The van der Waals surface area contributed by atoms with Gasteiger partial charge >= 0.3 is 0 Å². The number of aromatic amines is 1. The van der Waals surface area contributed by atoms with E-state index < -0.39 is 0 Å². The van der Waals surface area contributed by atoms with Crippen LogP contribution in [0.5, 0.6) is 0 Å². The largest absolute Gasteiger partial charge is 0.360 e. The number of para-hydroxylation sites is 1. The summed E-state index contributed by atoms with van der Waals surface area (Å²) < 4.78 is 2.25. The van der Waals surface area contributed by atoms with Gasteiger partial charge in [0.1, 0.15) is 0 Å². The molecule has 180 valence electrons. The van der Waals surface area contributed by atoms with Crippen LogP contribution < -0.4 is 0 Å². The Morgan fingerprint density at radius 2 is 1.77 bits per heavy atom. The molecule has 35 heavy (non-hydrogen) atoms. The number of nitrogens with zero attached hydrogens (tertiary/aromatic N) is 5. The number of H-pyrrole nitrogens is 1. The Bertz CT molecular complexity index is 1320. The summed E-state index contributed by atoms with van der Waals surface area (Å²) in [6, 6.07) is 19.2. The number of amides is 1. The summed E-state index contributed by atoms with van der Waals surface area (Å²) in [4.78, 5) is 21.1. The second kappa shape index (κ2) is 9.51. The van der Waals surface area contributed by atoms with Gasteiger partial charge < -0.3 is 9.88 Å². The van der Waals surface area contributed by atoms with Gasteiger partial charge in [0.25, 0.3) is 0 Å². The van der Waals surface area contributed by atoms with E-state index in [9.17, 15) is 4.79 Å². The topological polar surface area (TPSA) is 70.0 Å². The van der Waals surface area contributed by atoms with E-state index in [1.165, 1.54) is 5.56 Å². The molecule has 2 aromatic heterocycles. The highest BCUT2D eigenvalue weighted by Gasteiger charge is 2.33. The van der Waals surface area contributed by atoms with Gasteiger partial charge in [0, 0.05) is 61.4 Å². The molecular weight excluding hydrogens is 456 g/mol. The van der Waals surface area contributed by atoms with Crippen LogP contribution in [0.4, 0.5) is 0 Å². The lowest BCUT2D eigenvalue weighted by molar-refractivity contribution is -0.132. The highest BCUT2D eigenvalue weighted by molar-refractivity contribution is 8.00. The molecule has 7 nitrogen and oxygen atoms in total. The quantitative estimate of drug-likeness (QED) is 0.387. The monoisotopic (exact) mass is 486 g/mol. The molecule has 1 saturated carbocycles. The zero-order valence-corrected chi connectivity index (χ0v) is 20.7. The number of hydrogen-bond acceptors (Lipinski definition) is 5. The second-order valence-corrected chi connectivity index (χ2v) is 10.8. The lowest BCUT2D eigenvalue weighted by Gasteiger charge is -2.35. The van der Waals surface area contributed by atoms with Crippen LogP contribution in [0.2, 0.25) is 0 Å². The van der Waals surface area contributed by atoms with Crippen molar-refractivity contribution in [3.05, 3.63) is 66.4 Å². The molecule has 0 bridgehead atoms. The Labute approximate surface area is 209 Å². The Morgan fingerprint density at radius 3 is 2.54 bits per heavy atom. The maximum Gasteiger partial charge on any atom is 0.235 e. The van der Waals surface area contributed by atoms with Crippen LogP contribution in [-0.2, 0) is 11.3 Å². The maximum absolute atomic E-state index is 13.3. The van der Waals surface area contributed by atoms with Gasteiger partial charge in [-0.3, -0.25) is 14.3 Å². The van der Waals surface area contributed by atoms with Crippen LogP contribution in [0.3, 0.4) is 0 Å². The molecule has 1 aliphatic carbocycles. The number of fused-ring (bicyclic) bond motifs is 1. The van der Waals surface area contributed by atoms with Crippen LogP contribution in [0.1, 0.15) is 31.4 Å². The minimum atomic E-state index is -0.201. The summed E-state index contributed by atoms with van der Waals surface area (Å²) in [6.45, 7) is 6.29. The van der Waals surface area contributed by atoms with Crippen LogP contribution in [0.25, 0.3) is 22.3 Å². The third-order valence-electron chi connectivity index (χ3n) is 6.97.